The van der Waals surface area contributed by atoms with E-state index in [4.69, 9.17) is 5.11 Å². The molecular formula is C7H15FO. The highest BCUT2D eigenvalue weighted by Crippen LogP contribution is 2.07. The van der Waals surface area contributed by atoms with Crippen LogP contribution in [0.15, 0.2) is 0 Å². The van der Waals surface area contributed by atoms with Gasteiger partial charge in [0, 0.05) is 0 Å². The number of alkyl halides is 1. The third kappa shape index (κ3) is 4.40. The molecule has 0 aliphatic carbocycles. The van der Waals surface area contributed by atoms with Crippen LogP contribution >= 0.6 is 0 Å². The Morgan fingerprint density at radius 1 is 1.56 bits per heavy atom. The van der Waals surface area contributed by atoms with Crippen molar-refractivity contribution in [3.63, 3.8) is 0 Å². The molecule has 0 aromatic heterocycles. The van der Waals surface area contributed by atoms with E-state index in [0.29, 0.717) is 6.42 Å². The number of hydrogen-bond donors (Lipinski definition) is 1. The summed E-state index contributed by atoms with van der Waals surface area (Å²) < 4.78 is 12.5. The van der Waals surface area contributed by atoms with E-state index in [0.717, 1.165) is 12.8 Å². The van der Waals surface area contributed by atoms with Gasteiger partial charge in [-0.15, -0.1) is 0 Å². The van der Waals surface area contributed by atoms with Crippen LogP contribution in [0.1, 0.15) is 33.1 Å². The predicted molar refractivity (Wildman–Crippen MR) is 36.1 cm³/mol. The highest BCUT2D eigenvalue weighted by Gasteiger charge is 2.10. The minimum Gasteiger partial charge on any atom is -0.390 e. The van der Waals surface area contributed by atoms with Gasteiger partial charge in [0.1, 0.15) is 6.17 Å². The van der Waals surface area contributed by atoms with E-state index in [1.54, 1.807) is 0 Å². The normalized spacial score (nSPS) is 17.3. The fourth-order valence-electron chi connectivity index (χ4n) is 0.640. The Kier molecular flexibility index (Phi) is 4.68. The van der Waals surface area contributed by atoms with Crippen LogP contribution in [-0.4, -0.2) is 17.4 Å². The molecule has 0 rings (SSSR count). The number of aliphatic hydroxyl groups excluding tert-OH is 1. The van der Waals surface area contributed by atoms with E-state index < -0.39 is 12.3 Å². The molecule has 0 aromatic carbocycles. The van der Waals surface area contributed by atoms with Crippen molar-refractivity contribution in [3.05, 3.63) is 0 Å². The fraction of sp³-hybridized carbons (Fsp3) is 1.00. The lowest BCUT2D eigenvalue weighted by Gasteiger charge is -2.08. The summed E-state index contributed by atoms with van der Waals surface area (Å²) in [6.07, 6.45) is 0.536. The minimum absolute atomic E-state index is 0.494. The molecule has 0 saturated carbocycles. The smallest absolute Gasteiger partial charge is 0.126 e. The topological polar surface area (TPSA) is 20.2 Å². The standard InChI is InChI=1S/C7H15FO/c1-3-4-5-7(8)6(2)9/h6-7,9H,3-5H2,1-2H3. The van der Waals surface area contributed by atoms with Gasteiger partial charge in [-0.25, -0.2) is 4.39 Å². The SMILES string of the molecule is CCCCC(F)C(C)O. The number of hydrogen-bond acceptors (Lipinski definition) is 1. The largest absolute Gasteiger partial charge is 0.390 e. The summed E-state index contributed by atoms with van der Waals surface area (Å²) in [5.74, 6) is 0. The second-order valence-corrected chi connectivity index (χ2v) is 2.40. The van der Waals surface area contributed by atoms with Crippen molar-refractivity contribution < 1.29 is 9.50 Å². The van der Waals surface area contributed by atoms with Crippen LogP contribution in [0.25, 0.3) is 0 Å². The fourth-order valence-corrected chi connectivity index (χ4v) is 0.640. The van der Waals surface area contributed by atoms with E-state index in [1.165, 1.54) is 6.92 Å². The van der Waals surface area contributed by atoms with E-state index in [9.17, 15) is 4.39 Å². The van der Waals surface area contributed by atoms with Crippen LogP contribution in [-0.2, 0) is 0 Å². The first-order valence-electron chi connectivity index (χ1n) is 3.50. The van der Waals surface area contributed by atoms with Crippen molar-refractivity contribution in [2.45, 2.75) is 45.4 Å². The molecule has 0 amide bonds. The number of halogens is 1. The maximum atomic E-state index is 12.5. The molecule has 0 radical (unpaired) electrons. The van der Waals surface area contributed by atoms with Crippen molar-refractivity contribution in [1.29, 1.82) is 0 Å². The molecule has 2 atom stereocenters. The Bertz CT molecular complexity index is 63.9. The van der Waals surface area contributed by atoms with Crippen molar-refractivity contribution in [2.75, 3.05) is 0 Å². The Morgan fingerprint density at radius 2 is 2.11 bits per heavy atom. The zero-order valence-electron chi connectivity index (χ0n) is 6.10. The molecular weight excluding hydrogens is 119 g/mol. The van der Waals surface area contributed by atoms with Crippen LogP contribution in [0.5, 0.6) is 0 Å². The summed E-state index contributed by atoms with van der Waals surface area (Å²) in [6, 6.07) is 0. The molecule has 0 heterocycles. The highest BCUT2D eigenvalue weighted by molar-refractivity contribution is 4.61. The Hall–Kier alpha value is -0.110. The third-order valence-corrected chi connectivity index (χ3v) is 1.36. The number of unbranched alkanes of at least 4 members (excludes halogenated alkanes) is 1. The van der Waals surface area contributed by atoms with Crippen LogP contribution < -0.4 is 0 Å². The van der Waals surface area contributed by atoms with Crippen LogP contribution in [0.2, 0.25) is 0 Å². The van der Waals surface area contributed by atoms with Gasteiger partial charge in [0.25, 0.3) is 0 Å². The van der Waals surface area contributed by atoms with Gasteiger partial charge in [0.05, 0.1) is 6.10 Å². The van der Waals surface area contributed by atoms with Gasteiger partial charge in [-0.3, -0.25) is 0 Å². The quantitative estimate of drug-likeness (QED) is 0.622. The second kappa shape index (κ2) is 4.74. The van der Waals surface area contributed by atoms with Crippen molar-refractivity contribution in [1.82, 2.24) is 0 Å². The lowest BCUT2D eigenvalue weighted by Crippen LogP contribution is -2.17. The molecule has 56 valence electrons. The van der Waals surface area contributed by atoms with Crippen molar-refractivity contribution >= 4 is 0 Å². The summed E-state index contributed by atoms with van der Waals surface area (Å²) in [7, 11) is 0. The zero-order chi connectivity index (χ0) is 7.28. The van der Waals surface area contributed by atoms with E-state index in [-0.39, 0.29) is 0 Å². The third-order valence-electron chi connectivity index (χ3n) is 1.36. The molecule has 1 N–H and O–H groups in total. The summed E-state index contributed by atoms with van der Waals surface area (Å²) in [5.41, 5.74) is 0. The van der Waals surface area contributed by atoms with E-state index >= 15 is 0 Å². The van der Waals surface area contributed by atoms with Gasteiger partial charge in [0.2, 0.25) is 0 Å². The maximum Gasteiger partial charge on any atom is 0.126 e. The van der Waals surface area contributed by atoms with E-state index in [1.807, 2.05) is 6.92 Å². The molecule has 0 aliphatic heterocycles. The molecule has 9 heavy (non-hydrogen) atoms. The molecule has 0 aliphatic rings. The highest BCUT2D eigenvalue weighted by atomic mass is 19.1. The molecule has 0 bridgehead atoms. The monoisotopic (exact) mass is 134 g/mol. The molecule has 0 fully saturated rings. The van der Waals surface area contributed by atoms with Crippen LogP contribution in [0, 0.1) is 0 Å². The van der Waals surface area contributed by atoms with Gasteiger partial charge >= 0.3 is 0 Å². The Labute approximate surface area is 55.9 Å². The predicted octanol–water partition coefficient (Wildman–Crippen LogP) is 1.90. The zero-order valence-corrected chi connectivity index (χ0v) is 6.10. The second-order valence-electron chi connectivity index (χ2n) is 2.40. The number of rotatable bonds is 4. The van der Waals surface area contributed by atoms with Gasteiger partial charge in [-0.1, -0.05) is 19.8 Å². The first-order chi connectivity index (χ1) is 4.18. The molecule has 0 aromatic rings. The molecule has 2 unspecified atom stereocenters. The molecule has 2 heteroatoms. The Morgan fingerprint density at radius 3 is 2.44 bits per heavy atom. The van der Waals surface area contributed by atoms with Crippen LogP contribution in [0.4, 0.5) is 4.39 Å². The van der Waals surface area contributed by atoms with E-state index in [2.05, 4.69) is 0 Å². The molecule has 1 nitrogen and oxygen atoms in total. The lowest BCUT2D eigenvalue weighted by molar-refractivity contribution is 0.0863. The Balaban J connectivity index is 3.16. The average molecular weight is 134 g/mol. The summed E-state index contributed by atoms with van der Waals surface area (Å²) in [5, 5.41) is 8.67. The van der Waals surface area contributed by atoms with Gasteiger partial charge < -0.3 is 5.11 Å². The average Bonchev–Trinajstić information content (AvgIpc) is 1.82. The first-order valence-corrected chi connectivity index (χ1v) is 3.50. The first kappa shape index (κ1) is 8.89. The van der Waals surface area contributed by atoms with Gasteiger partial charge in [-0.05, 0) is 13.3 Å². The summed E-state index contributed by atoms with van der Waals surface area (Å²) in [4.78, 5) is 0. The van der Waals surface area contributed by atoms with Crippen molar-refractivity contribution in [2.24, 2.45) is 0 Å². The lowest BCUT2D eigenvalue weighted by atomic mass is 10.1. The van der Waals surface area contributed by atoms with Crippen molar-refractivity contribution in [3.8, 4) is 0 Å². The molecule has 0 spiro atoms. The summed E-state index contributed by atoms with van der Waals surface area (Å²) >= 11 is 0. The van der Waals surface area contributed by atoms with Gasteiger partial charge in [0.15, 0.2) is 0 Å². The summed E-state index contributed by atoms with van der Waals surface area (Å²) in [6.45, 7) is 3.50. The molecule has 0 saturated heterocycles. The minimum atomic E-state index is -1.02. The van der Waals surface area contributed by atoms with Crippen LogP contribution in [0.3, 0.4) is 0 Å². The number of aliphatic hydroxyl groups is 1. The van der Waals surface area contributed by atoms with Gasteiger partial charge in [-0.2, -0.15) is 0 Å². The maximum absolute atomic E-state index is 12.5.